The summed E-state index contributed by atoms with van der Waals surface area (Å²) in [7, 11) is -1.72. The van der Waals surface area contributed by atoms with Crippen LogP contribution in [0.5, 0.6) is 0 Å². The number of nitrogens with one attached hydrogen (secondary N) is 1. The molecule has 2 heterocycles. The molecule has 2 rings (SSSR count). The number of hydrogen-bond acceptors (Lipinski definition) is 6. The molecular formula is C8H16N6O2S. The molecule has 0 spiro atoms. The fourth-order valence-corrected chi connectivity index (χ4v) is 2.76. The highest BCUT2D eigenvalue weighted by Crippen LogP contribution is 2.15. The van der Waals surface area contributed by atoms with Crippen LogP contribution in [0.1, 0.15) is 18.7 Å². The Labute approximate surface area is 99.6 Å². The molecular weight excluding hydrogens is 244 g/mol. The standard InChI is InChI=1S/C8H16N6O2S/c1-14-12-8(11-13-14)4-6-2-3-7(5-10-6)17(9,15)16/h6-7,10H,2-5H2,1H3,(H2,9,15,16). The van der Waals surface area contributed by atoms with E-state index in [2.05, 4.69) is 20.7 Å². The summed E-state index contributed by atoms with van der Waals surface area (Å²) in [6, 6.07) is 0.192. The maximum Gasteiger partial charge on any atom is 0.213 e. The zero-order chi connectivity index (χ0) is 12.5. The van der Waals surface area contributed by atoms with Crippen molar-refractivity contribution in [3.8, 4) is 0 Å². The third kappa shape index (κ3) is 3.20. The topological polar surface area (TPSA) is 116 Å². The summed E-state index contributed by atoms with van der Waals surface area (Å²) in [5.41, 5.74) is 0. The molecule has 9 heteroatoms. The fourth-order valence-electron chi connectivity index (χ4n) is 1.97. The lowest BCUT2D eigenvalue weighted by Crippen LogP contribution is -2.47. The molecule has 1 aliphatic rings. The number of piperidine rings is 1. The first-order valence-corrected chi connectivity index (χ1v) is 7.04. The number of nitrogens with two attached hydrogens (primary N) is 1. The minimum Gasteiger partial charge on any atom is -0.312 e. The van der Waals surface area contributed by atoms with Crippen molar-refractivity contribution in [1.82, 2.24) is 25.5 Å². The van der Waals surface area contributed by atoms with Gasteiger partial charge in [0.05, 0.1) is 12.3 Å². The van der Waals surface area contributed by atoms with E-state index in [4.69, 9.17) is 5.14 Å². The highest BCUT2D eigenvalue weighted by molar-refractivity contribution is 7.89. The van der Waals surface area contributed by atoms with Gasteiger partial charge in [0, 0.05) is 19.0 Å². The fraction of sp³-hybridized carbons (Fsp3) is 0.875. The molecule has 0 aromatic carbocycles. The summed E-state index contributed by atoms with van der Waals surface area (Å²) >= 11 is 0. The molecule has 2 atom stereocenters. The van der Waals surface area contributed by atoms with E-state index in [-0.39, 0.29) is 6.04 Å². The largest absolute Gasteiger partial charge is 0.312 e. The van der Waals surface area contributed by atoms with Gasteiger partial charge in [-0.1, -0.05) is 0 Å². The monoisotopic (exact) mass is 260 g/mol. The van der Waals surface area contributed by atoms with Crippen LogP contribution in [0.3, 0.4) is 0 Å². The van der Waals surface area contributed by atoms with E-state index < -0.39 is 15.3 Å². The van der Waals surface area contributed by atoms with Crippen LogP contribution in [-0.2, 0) is 23.5 Å². The van der Waals surface area contributed by atoms with Crippen LogP contribution >= 0.6 is 0 Å². The molecule has 3 N–H and O–H groups in total. The third-order valence-electron chi connectivity index (χ3n) is 2.91. The zero-order valence-corrected chi connectivity index (χ0v) is 10.4. The first kappa shape index (κ1) is 12.4. The second-order valence-corrected chi connectivity index (χ2v) is 6.14. The summed E-state index contributed by atoms with van der Waals surface area (Å²) in [4.78, 5) is 1.41. The smallest absolute Gasteiger partial charge is 0.213 e. The number of tetrazole rings is 1. The van der Waals surface area contributed by atoms with E-state index in [0.29, 0.717) is 25.2 Å². The van der Waals surface area contributed by atoms with Crippen molar-refractivity contribution in [2.45, 2.75) is 30.6 Å². The van der Waals surface area contributed by atoms with Gasteiger partial charge in [-0.25, -0.2) is 13.6 Å². The van der Waals surface area contributed by atoms with E-state index in [1.165, 1.54) is 4.80 Å². The quantitative estimate of drug-likeness (QED) is 0.660. The van der Waals surface area contributed by atoms with Crippen molar-refractivity contribution >= 4 is 10.0 Å². The molecule has 1 fully saturated rings. The maximum atomic E-state index is 11.2. The van der Waals surface area contributed by atoms with Gasteiger partial charge in [-0.3, -0.25) is 0 Å². The van der Waals surface area contributed by atoms with Crippen LogP contribution < -0.4 is 10.5 Å². The molecule has 8 nitrogen and oxygen atoms in total. The number of aryl methyl sites for hydroxylation is 1. The van der Waals surface area contributed by atoms with Crippen LogP contribution in [0, 0.1) is 0 Å². The van der Waals surface area contributed by atoms with Crippen LogP contribution in [0.25, 0.3) is 0 Å². The highest BCUT2D eigenvalue weighted by atomic mass is 32.2. The average molecular weight is 260 g/mol. The van der Waals surface area contributed by atoms with Gasteiger partial charge in [-0.2, -0.15) is 4.80 Å². The highest BCUT2D eigenvalue weighted by Gasteiger charge is 2.28. The van der Waals surface area contributed by atoms with Gasteiger partial charge in [-0.05, 0) is 18.1 Å². The molecule has 1 aliphatic heterocycles. The van der Waals surface area contributed by atoms with E-state index in [1.54, 1.807) is 7.05 Å². The molecule has 0 saturated carbocycles. The number of nitrogens with zero attached hydrogens (tertiary/aromatic N) is 4. The number of sulfonamides is 1. The molecule has 96 valence electrons. The Morgan fingerprint density at radius 3 is 2.76 bits per heavy atom. The van der Waals surface area contributed by atoms with Crippen LogP contribution in [-0.4, -0.2) is 46.5 Å². The van der Waals surface area contributed by atoms with E-state index in [0.717, 1.165) is 6.42 Å². The van der Waals surface area contributed by atoms with Crippen LogP contribution in [0.2, 0.25) is 0 Å². The van der Waals surface area contributed by atoms with Gasteiger partial charge < -0.3 is 5.32 Å². The van der Waals surface area contributed by atoms with Gasteiger partial charge >= 0.3 is 0 Å². The van der Waals surface area contributed by atoms with E-state index in [9.17, 15) is 8.42 Å². The SMILES string of the molecule is Cn1nnc(CC2CCC(S(N)(=O)=O)CN2)n1. The Morgan fingerprint density at radius 2 is 2.29 bits per heavy atom. The summed E-state index contributed by atoms with van der Waals surface area (Å²) in [6.07, 6.45) is 1.99. The van der Waals surface area contributed by atoms with Crippen molar-refractivity contribution in [3.63, 3.8) is 0 Å². The summed E-state index contributed by atoms with van der Waals surface area (Å²) in [5, 5.41) is 19.5. The Morgan fingerprint density at radius 1 is 1.53 bits per heavy atom. The average Bonchev–Trinajstić information content (AvgIpc) is 2.63. The summed E-state index contributed by atoms with van der Waals surface area (Å²) < 4.78 is 22.3. The third-order valence-corrected chi connectivity index (χ3v) is 4.25. The zero-order valence-electron chi connectivity index (χ0n) is 9.57. The predicted molar refractivity (Wildman–Crippen MR) is 60.4 cm³/mol. The van der Waals surface area contributed by atoms with Crippen LogP contribution in [0.15, 0.2) is 0 Å². The number of primary sulfonamides is 1. The molecule has 2 unspecified atom stereocenters. The summed E-state index contributed by atoms with van der Waals surface area (Å²) in [5.74, 6) is 0.666. The lowest BCUT2D eigenvalue weighted by molar-refractivity contribution is 0.391. The Bertz CT molecular complexity index is 476. The van der Waals surface area contributed by atoms with E-state index >= 15 is 0 Å². The maximum absolute atomic E-state index is 11.2. The lowest BCUT2D eigenvalue weighted by atomic mass is 10.0. The first-order valence-electron chi connectivity index (χ1n) is 5.43. The number of hydrogen-bond donors (Lipinski definition) is 2. The normalized spacial score (nSPS) is 26.0. The Balaban J connectivity index is 1.87. The number of rotatable bonds is 3. The molecule has 1 aromatic rings. The minimum absolute atomic E-state index is 0.192. The second-order valence-electron chi connectivity index (χ2n) is 4.29. The molecule has 1 aromatic heterocycles. The Hall–Kier alpha value is -1.06. The van der Waals surface area contributed by atoms with Crippen LogP contribution in [0.4, 0.5) is 0 Å². The molecule has 0 amide bonds. The van der Waals surface area contributed by atoms with Crippen molar-refractivity contribution in [2.75, 3.05) is 6.54 Å². The minimum atomic E-state index is -3.43. The second kappa shape index (κ2) is 4.67. The van der Waals surface area contributed by atoms with Gasteiger partial charge in [0.2, 0.25) is 10.0 Å². The van der Waals surface area contributed by atoms with Gasteiger partial charge in [0.15, 0.2) is 5.82 Å². The lowest BCUT2D eigenvalue weighted by Gasteiger charge is -2.27. The van der Waals surface area contributed by atoms with Gasteiger partial charge in [0.1, 0.15) is 0 Å². The molecule has 0 bridgehead atoms. The van der Waals surface area contributed by atoms with Gasteiger partial charge in [0.25, 0.3) is 0 Å². The van der Waals surface area contributed by atoms with Crippen molar-refractivity contribution in [1.29, 1.82) is 0 Å². The summed E-state index contributed by atoms with van der Waals surface area (Å²) in [6.45, 7) is 0.393. The van der Waals surface area contributed by atoms with Crippen molar-refractivity contribution in [3.05, 3.63) is 5.82 Å². The molecule has 17 heavy (non-hydrogen) atoms. The Kier molecular flexibility index (Phi) is 3.40. The van der Waals surface area contributed by atoms with Crippen molar-refractivity contribution in [2.24, 2.45) is 12.2 Å². The predicted octanol–water partition coefficient (Wildman–Crippen LogP) is -1.84. The van der Waals surface area contributed by atoms with E-state index in [1.807, 2.05) is 0 Å². The van der Waals surface area contributed by atoms with Gasteiger partial charge in [-0.15, -0.1) is 10.2 Å². The van der Waals surface area contributed by atoms with Crippen molar-refractivity contribution < 1.29 is 8.42 Å². The number of aromatic nitrogens is 4. The molecule has 0 aliphatic carbocycles. The molecule has 0 radical (unpaired) electrons. The molecule has 1 saturated heterocycles. The first-order chi connectivity index (χ1) is 7.95.